The molecule has 1 aromatic heterocycles. The summed E-state index contributed by atoms with van der Waals surface area (Å²) in [5.41, 5.74) is 2.70. The number of guanidine groups is 1. The minimum Gasteiger partial charge on any atom is -0.487 e. The normalized spacial score (nSPS) is 18.4. The number of nitrogens with one attached hydrogen (secondary N) is 1. The summed E-state index contributed by atoms with van der Waals surface area (Å²) >= 11 is 0. The molecule has 0 unspecified atom stereocenters. The Morgan fingerprint density at radius 3 is 2.85 bits per heavy atom. The van der Waals surface area contributed by atoms with Gasteiger partial charge in [-0.3, -0.25) is 9.98 Å². The molecule has 1 saturated carbocycles. The first-order valence-corrected chi connectivity index (χ1v) is 9.84. The van der Waals surface area contributed by atoms with Gasteiger partial charge in [0, 0.05) is 32.9 Å². The van der Waals surface area contributed by atoms with E-state index in [1.54, 1.807) is 6.20 Å². The maximum absolute atomic E-state index is 5.88. The van der Waals surface area contributed by atoms with Gasteiger partial charge in [-0.25, -0.2) is 0 Å². The van der Waals surface area contributed by atoms with E-state index in [1.165, 1.54) is 31.2 Å². The summed E-state index contributed by atoms with van der Waals surface area (Å²) in [5, 5.41) is 3.52. The average molecular weight is 364 g/mol. The first-order chi connectivity index (χ1) is 13.3. The summed E-state index contributed by atoms with van der Waals surface area (Å²) in [4.78, 5) is 11.2. The molecule has 1 aromatic carbocycles. The van der Waals surface area contributed by atoms with Crippen LogP contribution in [0.5, 0.6) is 5.75 Å². The van der Waals surface area contributed by atoms with E-state index in [-0.39, 0.29) is 0 Å². The average Bonchev–Trinajstić information content (AvgIpc) is 3.14. The molecule has 1 spiro atoms. The maximum atomic E-state index is 5.88. The summed E-state index contributed by atoms with van der Waals surface area (Å²) in [6.07, 6.45) is 7.26. The lowest BCUT2D eigenvalue weighted by Gasteiger charge is -2.38. The van der Waals surface area contributed by atoms with Gasteiger partial charge in [0.25, 0.3) is 0 Å². The molecule has 2 heterocycles. The van der Waals surface area contributed by atoms with E-state index in [1.807, 2.05) is 37.4 Å². The Hall–Kier alpha value is -2.56. The molecule has 1 saturated heterocycles. The highest BCUT2D eigenvalue weighted by Crippen LogP contribution is 2.47. The van der Waals surface area contributed by atoms with Crippen LogP contribution in [0.15, 0.2) is 53.7 Å². The van der Waals surface area contributed by atoms with Crippen LogP contribution >= 0.6 is 0 Å². The third kappa shape index (κ3) is 4.24. The van der Waals surface area contributed by atoms with Crippen molar-refractivity contribution in [3.05, 3.63) is 59.9 Å². The lowest BCUT2D eigenvalue weighted by atomic mass is 9.68. The Labute approximate surface area is 161 Å². The van der Waals surface area contributed by atoms with E-state index < -0.39 is 0 Å². The zero-order chi connectivity index (χ0) is 18.5. The Balaban J connectivity index is 1.31. The van der Waals surface area contributed by atoms with Crippen molar-refractivity contribution in [3.63, 3.8) is 0 Å². The van der Waals surface area contributed by atoms with Crippen LogP contribution in [0.2, 0.25) is 0 Å². The number of nitrogens with zero attached hydrogens (tertiary/aromatic N) is 3. The van der Waals surface area contributed by atoms with Crippen molar-refractivity contribution in [2.24, 2.45) is 10.4 Å². The van der Waals surface area contributed by atoms with Gasteiger partial charge in [-0.05, 0) is 54.5 Å². The predicted molar refractivity (Wildman–Crippen MR) is 108 cm³/mol. The molecule has 4 rings (SSSR count). The second-order valence-electron chi connectivity index (χ2n) is 7.68. The van der Waals surface area contributed by atoms with Crippen molar-refractivity contribution in [3.8, 4) is 5.75 Å². The first-order valence-electron chi connectivity index (χ1n) is 9.84. The number of aliphatic imine (C=N–C) groups is 1. The van der Waals surface area contributed by atoms with E-state index in [4.69, 9.17) is 4.74 Å². The predicted octanol–water partition coefficient (Wildman–Crippen LogP) is 3.61. The molecule has 5 heteroatoms. The fourth-order valence-electron chi connectivity index (χ4n) is 4.10. The van der Waals surface area contributed by atoms with Crippen molar-refractivity contribution in [2.75, 3.05) is 20.1 Å². The number of hydrogen-bond acceptors (Lipinski definition) is 3. The molecule has 2 fully saturated rings. The van der Waals surface area contributed by atoms with Crippen LogP contribution in [-0.4, -0.2) is 36.0 Å². The monoisotopic (exact) mass is 364 g/mol. The molecule has 1 N–H and O–H groups in total. The zero-order valence-electron chi connectivity index (χ0n) is 16.0. The largest absolute Gasteiger partial charge is 0.487 e. The van der Waals surface area contributed by atoms with E-state index in [2.05, 4.69) is 32.3 Å². The van der Waals surface area contributed by atoms with Crippen LogP contribution in [0.3, 0.4) is 0 Å². The molecule has 0 bridgehead atoms. The summed E-state index contributed by atoms with van der Waals surface area (Å²) in [5.74, 6) is 1.88. The second kappa shape index (κ2) is 7.99. The molecular weight excluding hydrogens is 336 g/mol. The molecule has 142 valence electrons. The maximum Gasteiger partial charge on any atom is 0.193 e. The van der Waals surface area contributed by atoms with E-state index in [0.29, 0.717) is 12.0 Å². The standard InChI is InChI=1S/C22H28N4O/c1-23-21(26-13-11-22(17-26)9-5-10-22)25-15-18-6-4-8-20(14-18)27-16-19-7-2-3-12-24-19/h2-4,6-8,12,14H,5,9-11,13,15-17H2,1H3,(H,23,25). The molecule has 1 aliphatic heterocycles. The van der Waals surface area contributed by atoms with Crippen molar-refractivity contribution in [1.82, 2.24) is 15.2 Å². The van der Waals surface area contributed by atoms with Crippen molar-refractivity contribution in [2.45, 2.75) is 38.8 Å². The fourth-order valence-corrected chi connectivity index (χ4v) is 4.10. The van der Waals surface area contributed by atoms with Crippen molar-refractivity contribution < 1.29 is 4.74 Å². The zero-order valence-corrected chi connectivity index (χ0v) is 16.0. The van der Waals surface area contributed by atoms with Gasteiger partial charge in [0.05, 0.1) is 5.69 Å². The Morgan fingerprint density at radius 2 is 2.15 bits per heavy atom. The summed E-state index contributed by atoms with van der Waals surface area (Å²) in [7, 11) is 1.88. The Kier molecular flexibility index (Phi) is 5.28. The summed E-state index contributed by atoms with van der Waals surface area (Å²) in [6, 6.07) is 14.1. The molecule has 2 aliphatic rings. The molecule has 27 heavy (non-hydrogen) atoms. The number of pyridine rings is 1. The van der Waals surface area contributed by atoms with Crippen LogP contribution in [0, 0.1) is 5.41 Å². The van der Waals surface area contributed by atoms with E-state index in [9.17, 15) is 0 Å². The quantitative estimate of drug-likeness (QED) is 0.650. The minimum atomic E-state index is 0.481. The van der Waals surface area contributed by atoms with Gasteiger partial charge < -0.3 is 15.0 Å². The van der Waals surface area contributed by atoms with Gasteiger partial charge in [0.2, 0.25) is 0 Å². The molecule has 0 radical (unpaired) electrons. The highest BCUT2D eigenvalue weighted by molar-refractivity contribution is 5.80. The third-order valence-corrected chi connectivity index (χ3v) is 5.83. The SMILES string of the molecule is CN=C(NCc1cccc(OCc2ccccn2)c1)N1CCC2(CCC2)C1. The highest BCUT2D eigenvalue weighted by atomic mass is 16.5. The molecule has 1 aliphatic carbocycles. The molecule has 2 aromatic rings. The molecule has 5 nitrogen and oxygen atoms in total. The highest BCUT2D eigenvalue weighted by Gasteiger charge is 2.43. The van der Waals surface area contributed by atoms with Crippen LogP contribution in [0.4, 0.5) is 0 Å². The van der Waals surface area contributed by atoms with Crippen LogP contribution < -0.4 is 10.1 Å². The van der Waals surface area contributed by atoms with Crippen LogP contribution in [-0.2, 0) is 13.2 Å². The third-order valence-electron chi connectivity index (χ3n) is 5.83. The van der Waals surface area contributed by atoms with Crippen molar-refractivity contribution >= 4 is 5.96 Å². The smallest absolute Gasteiger partial charge is 0.193 e. The topological polar surface area (TPSA) is 49.8 Å². The Bertz CT molecular complexity index is 786. The number of rotatable bonds is 5. The van der Waals surface area contributed by atoms with Crippen LogP contribution in [0.25, 0.3) is 0 Å². The lowest BCUT2D eigenvalue weighted by molar-refractivity contribution is 0.151. The first kappa shape index (κ1) is 17.8. The molecule has 0 atom stereocenters. The second-order valence-corrected chi connectivity index (χ2v) is 7.68. The number of ether oxygens (including phenoxy) is 1. The van der Waals surface area contributed by atoms with Gasteiger partial charge >= 0.3 is 0 Å². The number of benzene rings is 1. The number of aromatic nitrogens is 1. The fraction of sp³-hybridized carbons (Fsp3) is 0.455. The van der Waals surface area contributed by atoms with E-state index in [0.717, 1.165) is 37.0 Å². The van der Waals surface area contributed by atoms with Gasteiger partial charge in [-0.15, -0.1) is 0 Å². The van der Waals surface area contributed by atoms with Gasteiger partial charge in [-0.1, -0.05) is 24.6 Å². The molecule has 0 amide bonds. The molecular formula is C22H28N4O. The number of hydrogen-bond donors (Lipinski definition) is 1. The van der Waals surface area contributed by atoms with Gasteiger partial charge in [0.15, 0.2) is 5.96 Å². The van der Waals surface area contributed by atoms with Gasteiger partial charge in [-0.2, -0.15) is 0 Å². The minimum absolute atomic E-state index is 0.481. The lowest BCUT2D eigenvalue weighted by Crippen LogP contribution is -2.42. The summed E-state index contributed by atoms with van der Waals surface area (Å²) in [6.45, 7) is 3.50. The van der Waals surface area contributed by atoms with Crippen molar-refractivity contribution in [1.29, 1.82) is 0 Å². The Morgan fingerprint density at radius 1 is 1.22 bits per heavy atom. The van der Waals surface area contributed by atoms with Crippen LogP contribution in [0.1, 0.15) is 36.9 Å². The number of likely N-dealkylation sites (tertiary alicyclic amines) is 1. The van der Waals surface area contributed by atoms with E-state index >= 15 is 0 Å². The van der Waals surface area contributed by atoms with Gasteiger partial charge in [0.1, 0.15) is 12.4 Å². The summed E-state index contributed by atoms with van der Waals surface area (Å²) < 4.78 is 5.88.